The molecule has 0 aromatic heterocycles. The van der Waals surface area contributed by atoms with Gasteiger partial charge in [-0.3, -0.25) is 9.59 Å². The van der Waals surface area contributed by atoms with E-state index in [1.165, 1.54) is 5.57 Å². The van der Waals surface area contributed by atoms with Crippen LogP contribution in [-0.4, -0.2) is 48.1 Å². The lowest BCUT2D eigenvalue weighted by Crippen LogP contribution is -2.67. The second-order valence-corrected chi connectivity index (χ2v) is 11.4. The molecule has 4 aliphatic carbocycles. The Morgan fingerprint density at radius 1 is 1.19 bits per heavy atom. The van der Waals surface area contributed by atoms with E-state index < -0.39 is 23.1 Å². The Morgan fingerprint density at radius 2 is 1.97 bits per heavy atom. The highest BCUT2D eigenvalue weighted by Gasteiger charge is 2.72. The molecule has 178 valence electrons. The molecular weight excluding hydrogens is 408 g/mol. The lowest BCUT2D eigenvalue weighted by Gasteiger charge is -2.62. The van der Waals surface area contributed by atoms with Crippen LogP contribution in [0.25, 0.3) is 0 Å². The number of Topliss-reactive ketones (excluding diaryl/α,β-unsaturated/α-hetero) is 1. The van der Waals surface area contributed by atoms with E-state index in [9.17, 15) is 14.7 Å². The lowest BCUT2D eigenvalue weighted by atomic mass is 9.45. The van der Waals surface area contributed by atoms with Crippen LogP contribution in [0, 0.1) is 28.6 Å². The lowest BCUT2D eigenvalue weighted by molar-refractivity contribution is -0.426. The SMILES string of the molecule is CCCC1(OC)OCC(=O)[C@]2(CC[C@H]3[C@@H]4CCC5=CC(=O)CC[C@]5(C)[C@H]4[C@@H](O)C[C@@]32C)O1. The van der Waals surface area contributed by atoms with Crippen LogP contribution >= 0.6 is 0 Å². The number of allylic oxidation sites excluding steroid dienone is 1. The van der Waals surface area contributed by atoms with Crippen molar-refractivity contribution in [2.45, 2.75) is 96.2 Å². The molecule has 5 aliphatic rings. The average Bonchev–Trinajstić information content (AvgIpc) is 3.03. The average molecular weight is 447 g/mol. The van der Waals surface area contributed by atoms with Crippen molar-refractivity contribution in [3.63, 3.8) is 0 Å². The van der Waals surface area contributed by atoms with E-state index in [1.807, 2.05) is 13.0 Å². The summed E-state index contributed by atoms with van der Waals surface area (Å²) >= 11 is 0. The molecule has 1 N–H and O–H groups in total. The molecule has 1 heterocycles. The normalized spacial score (nSPS) is 50.6. The number of aliphatic hydroxyl groups excluding tert-OH is 1. The minimum Gasteiger partial charge on any atom is -0.393 e. The van der Waals surface area contributed by atoms with Crippen molar-refractivity contribution in [1.29, 1.82) is 0 Å². The molecule has 3 saturated carbocycles. The highest BCUT2D eigenvalue weighted by atomic mass is 16.9. The molecule has 32 heavy (non-hydrogen) atoms. The molecule has 1 unspecified atom stereocenters. The molecule has 5 rings (SSSR count). The van der Waals surface area contributed by atoms with Crippen molar-refractivity contribution in [1.82, 2.24) is 0 Å². The zero-order valence-corrected chi connectivity index (χ0v) is 19.9. The van der Waals surface area contributed by atoms with Crippen LogP contribution in [0.15, 0.2) is 11.6 Å². The van der Waals surface area contributed by atoms with Crippen molar-refractivity contribution in [2.24, 2.45) is 28.6 Å². The zero-order valence-electron chi connectivity index (χ0n) is 19.9. The van der Waals surface area contributed by atoms with Gasteiger partial charge in [-0.05, 0) is 74.2 Å². The maximum absolute atomic E-state index is 13.4. The van der Waals surface area contributed by atoms with Crippen molar-refractivity contribution in [3.05, 3.63) is 11.6 Å². The number of fused-ring (bicyclic) bond motifs is 6. The van der Waals surface area contributed by atoms with Gasteiger partial charge in [0.1, 0.15) is 12.2 Å². The molecular formula is C26H38O6. The molecule has 0 aromatic rings. The fraction of sp³-hybridized carbons (Fsp3) is 0.846. The molecule has 8 atom stereocenters. The minimum atomic E-state index is -1.19. The number of hydrogen-bond acceptors (Lipinski definition) is 6. The smallest absolute Gasteiger partial charge is 0.284 e. The Morgan fingerprint density at radius 3 is 2.69 bits per heavy atom. The predicted molar refractivity (Wildman–Crippen MR) is 118 cm³/mol. The summed E-state index contributed by atoms with van der Waals surface area (Å²) in [6.07, 6.45) is 8.06. The van der Waals surface area contributed by atoms with Gasteiger partial charge >= 0.3 is 0 Å². The molecule has 1 saturated heterocycles. The van der Waals surface area contributed by atoms with Gasteiger partial charge in [-0.1, -0.05) is 26.3 Å². The number of aliphatic hydroxyl groups is 1. The Kier molecular flexibility index (Phi) is 5.29. The fourth-order valence-electron chi connectivity index (χ4n) is 8.58. The van der Waals surface area contributed by atoms with Gasteiger partial charge in [0.25, 0.3) is 5.97 Å². The molecule has 0 aromatic carbocycles. The Bertz CT molecular complexity index is 851. The maximum Gasteiger partial charge on any atom is 0.284 e. The van der Waals surface area contributed by atoms with Crippen LogP contribution in [-0.2, 0) is 23.8 Å². The number of ketones is 2. The maximum atomic E-state index is 13.4. The van der Waals surface area contributed by atoms with Crippen LogP contribution in [0.5, 0.6) is 0 Å². The van der Waals surface area contributed by atoms with Gasteiger partial charge in [0.05, 0.1) is 6.10 Å². The predicted octanol–water partition coefficient (Wildman–Crippen LogP) is 3.94. The van der Waals surface area contributed by atoms with Gasteiger partial charge in [-0.2, -0.15) is 0 Å². The highest BCUT2D eigenvalue weighted by molar-refractivity contribution is 5.92. The summed E-state index contributed by atoms with van der Waals surface area (Å²) in [5.74, 6) is -0.241. The van der Waals surface area contributed by atoms with Crippen molar-refractivity contribution >= 4 is 11.6 Å². The quantitative estimate of drug-likeness (QED) is 0.707. The Labute approximate surface area is 191 Å². The summed E-state index contributed by atoms with van der Waals surface area (Å²) in [6.45, 7) is 6.46. The summed E-state index contributed by atoms with van der Waals surface area (Å²) in [6, 6.07) is 0. The first-order valence-electron chi connectivity index (χ1n) is 12.5. The summed E-state index contributed by atoms with van der Waals surface area (Å²) in [7, 11) is 1.58. The van der Waals surface area contributed by atoms with E-state index in [0.29, 0.717) is 37.5 Å². The third kappa shape index (κ3) is 2.85. The van der Waals surface area contributed by atoms with E-state index in [1.54, 1.807) is 7.11 Å². The highest BCUT2D eigenvalue weighted by Crippen LogP contribution is 2.69. The van der Waals surface area contributed by atoms with Gasteiger partial charge in [0.2, 0.25) is 0 Å². The van der Waals surface area contributed by atoms with E-state index in [2.05, 4.69) is 13.8 Å². The van der Waals surface area contributed by atoms with Crippen LogP contribution in [0.3, 0.4) is 0 Å². The number of rotatable bonds is 3. The minimum absolute atomic E-state index is 0.00689. The van der Waals surface area contributed by atoms with Crippen LogP contribution < -0.4 is 0 Å². The van der Waals surface area contributed by atoms with E-state index >= 15 is 0 Å². The second kappa shape index (κ2) is 7.46. The molecule has 0 bridgehead atoms. The largest absolute Gasteiger partial charge is 0.393 e. The van der Waals surface area contributed by atoms with Crippen LogP contribution in [0.2, 0.25) is 0 Å². The number of carbonyl (C=O) groups excluding carboxylic acids is 2. The monoisotopic (exact) mass is 446 g/mol. The molecule has 6 heteroatoms. The fourth-order valence-corrected chi connectivity index (χ4v) is 8.58. The molecule has 4 fully saturated rings. The second-order valence-electron chi connectivity index (χ2n) is 11.4. The first-order chi connectivity index (χ1) is 15.1. The number of hydrogen-bond donors (Lipinski definition) is 1. The van der Waals surface area contributed by atoms with E-state index in [0.717, 1.165) is 32.1 Å². The molecule has 1 aliphatic heterocycles. The summed E-state index contributed by atoms with van der Waals surface area (Å²) in [4.78, 5) is 25.5. The first-order valence-corrected chi connectivity index (χ1v) is 12.5. The van der Waals surface area contributed by atoms with Gasteiger partial charge in [0.15, 0.2) is 11.6 Å². The van der Waals surface area contributed by atoms with Gasteiger partial charge in [0, 0.05) is 25.4 Å². The third-order valence-corrected chi connectivity index (χ3v) is 10.1. The van der Waals surface area contributed by atoms with Gasteiger partial charge in [-0.15, -0.1) is 0 Å². The van der Waals surface area contributed by atoms with Gasteiger partial charge in [-0.25, -0.2) is 0 Å². The molecule has 0 amide bonds. The first kappa shape index (κ1) is 22.7. The Balaban J connectivity index is 1.52. The number of carbonyl (C=O) groups is 2. The standard InChI is InChI=1S/C26H38O6/c1-5-10-26(30-4)31-15-21(29)25(32-26)12-9-19-18-7-6-16-13-17(27)8-11-23(16,2)22(18)20(28)14-24(19,25)3/h13,18-20,22,28H,5-12,14-15H2,1-4H3/t18-,19-,20-,22+,23-,24-,25-,26?/m0/s1. The molecule has 6 nitrogen and oxygen atoms in total. The van der Waals surface area contributed by atoms with Crippen LogP contribution in [0.1, 0.15) is 78.6 Å². The summed E-state index contributed by atoms with van der Waals surface area (Å²) in [5.41, 5.74) is -0.349. The number of ether oxygens (including phenoxy) is 3. The van der Waals surface area contributed by atoms with E-state index in [-0.39, 0.29) is 29.5 Å². The molecule has 0 radical (unpaired) electrons. The zero-order chi connectivity index (χ0) is 22.9. The molecule has 1 spiro atoms. The summed E-state index contributed by atoms with van der Waals surface area (Å²) in [5, 5.41) is 11.6. The van der Waals surface area contributed by atoms with Crippen LogP contribution in [0.4, 0.5) is 0 Å². The summed E-state index contributed by atoms with van der Waals surface area (Å²) < 4.78 is 18.1. The third-order valence-electron chi connectivity index (χ3n) is 10.1. The van der Waals surface area contributed by atoms with Crippen molar-refractivity contribution in [3.8, 4) is 0 Å². The topological polar surface area (TPSA) is 82.1 Å². The van der Waals surface area contributed by atoms with Crippen molar-refractivity contribution in [2.75, 3.05) is 13.7 Å². The van der Waals surface area contributed by atoms with Crippen molar-refractivity contribution < 1.29 is 28.9 Å². The Hall–Kier alpha value is -1.08. The van der Waals surface area contributed by atoms with E-state index in [4.69, 9.17) is 14.2 Å². The van der Waals surface area contributed by atoms with Gasteiger partial charge < -0.3 is 19.3 Å². The number of methoxy groups -OCH3 is 1.